The van der Waals surface area contributed by atoms with Gasteiger partial charge in [0.15, 0.2) is 16.2 Å². The number of alkyl halides is 3. The van der Waals surface area contributed by atoms with Crippen molar-refractivity contribution in [2.75, 3.05) is 18.2 Å². The summed E-state index contributed by atoms with van der Waals surface area (Å²) >= 11 is 0. The molecule has 1 aromatic heterocycles. The summed E-state index contributed by atoms with van der Waals surface area (Å²) in [6, 6.07) is 6.62. The van der Waals surface area contributed by atoms with Crippen molar-refractivity contribution in [3.63, 3.8) is 0 Å². The molecule has 0 radical (unpaired) electrons. The van der Waals surface area contributed by atoms with Crippen LogP contribution in [0.25, 0.3) is 0 Å². The second kappa shape index (κ2) is 8.33. The van der Waals surface area contributed by atoms with Crippen LogP contribution >= 0.6 is 0 Å². The van der Waals surface area contributed by atoms with E-state index < -0.39 is 46.1 Å². The van der Waals surface area contributed by atoms with Gasteiger partial charge in [0.25, 0.3) is 0 Å². The summed E-state index contributed by atoms with van der Waals surface area (Å²) in [7, 11) is -2.34. The minimum absolute atomic E-state index is 0.0491. The molecule has 180 valence electrons. The van der Waals surface area contributed by atoms with Crippen LogP contribution in [0.2, 0.25) is 0 Å². The van der Waals surface area contributed by atoms with Gasteiger partial charge in [-0.05, 0) is 43.3 Å². The zero-order chi connectivity index (χ0) is 25.0. The van der Waals surface area contributed by atoms with E-state index in [1.54, 1.807) is 0 Å². The number of halogens is 3. The molecule has 2 aromatic rings. The number of carbonyl (C=O) groups is 1. The number of sulfone groups is 1. The Balaban J connectivity index is 1.85. The molecule has 4 atom stereocenters. The molecule has 4 rings (SSSR count). The lowest BCUT2D eigenvalue weighted by molar-refractivity contribution is -0.141. The lowest BCUT2D eigenvalue weighted by Crippen LogP contribution is -2.62. The van der Waals surface area contributed by atoms with Gasteiger partial charge in [0.2, 0.25) is 0 Å². The quantitative estimate of drug-likeness (QED) is 0.692. The molecule has 2 aliphatic rings. The van der Waals surface area contributed by atoms with Gasteiger partial charge in [-0.3, -0.25) is 14.7 Å². The average Bonchev–Trinajstić information content (AvgIpc) is 3.14. The summed E-state index contributed by atoms with van der Waals surface area (Å²) in [5.41, 5.74) is -0.712. The summed E-state index contributed by atoms with van der Waals surface area (Å²) in [6.07, 6.45) is -3.76. The van der Waals surface area contributed by atoms with E-state index in [0.29, 0.717) is 0 Å². The van der Waals surface area contributed by atoms with Crippen LogP contribution < -0.4 is 4.90 Å². The number of aliphatic hydroxyl groups is 1. The zero-order valence-corrected chi connectivity index (χ0v) is 19.0. The fourth-order valence-electron chi connectivity index (χ4n) is 4.96. The molecular formula is C22H21F3N4O4S. The number of hydrogen-bond donors (Lipinski definition) is 1. The smallest absolute Gasteiger partial charge is 0.361 e. The maximum absolute atomic E-state index is 13.3. The minimum Gasteiger partial charge on any atom is -0.361 e. The molecule has 1 saturated carbocycles. The van der Waals surface area contributed by atoms with Crippen LogP contribution in [0.1, 0.15) is 35.7 Å². The number of hydrogen-bond acceptors (Lipinski definition) is 8. The van der Waals surface area contributed by atoms with Gasteiger partial charge in [-0.15, -0.1) is 0 Å². The van der Waals surface area contributed by atoms with E-state index in [4.69, 9.17) is 0 Å². The number of fused-ring (bicyclic) bond motifs is 1. The molecule has 0 bridgehead atoms. The average molecular weight is 494 g/mol. The largest absolute Gasteiger partial charge is 0.433 e. The van der Waals surface area contributed by atoms with Gasteiger partial charge in [0.1, 0.15) is 11.5 Å². The lowest BCUT2D eigenvalue weighted by Gasteiger charge is -2.51. The van der Waals surface area contributed by atoms with Gasteiger partial charge in [-0.2, -0.15) is 18.4 Å². The molecule has 1 aromatic carbocycles. The highest BCUT2D eigenvalue weighted by atomic mass is 32.2. The highest BCUT2D eigenvalue weighted by molar-refractivity contribution is 7.90. The van der Waals surface area contributed by atoms with E-state index in [9.17, 15) is 36.8 Å². The molecule has 2 heterocycles. The third kappa shape index (κ3) is 4.04. The van der Waals surface area contributed by atoms with Crippen molar-refractivity contribution in [2.45, 2.75) is 42.3 Å². The molecule has 1 N–H and O–H groups in total. The first-order chi connectivity index (χ1) is 15.8. The summed E-state index contributed by atoms with van der Waals surface area (Å²) in [6.45, 7) is 0. The first kappa shape index (κ1) is 24.1. The maximum atomic E-state index is 13.3. The van der Waals surface area contributed by atoms with E-state index >= 15 is 0 Å². The number of benzene rings is 1. The topological polar surface area (TPSA) is 115 Å². The second-order valence-electron chi connectivity index (χ2n) is 8.50. The molecule has 1 aliphatic heterocycles. The lowest BCUT2D eigenvalue weighted by atomic mass is 9.84. The van der Waals surface area contributed by atoms with Crippen LogP contribution in [-0.2, 0) is 20.8 Å². The molecule has 0 spiro atoms. The van der Waals surface area contributed by atoms with E-state index in [1.807, 2.05) is 6.07 Å². The van der Waals surface area contributed by atoms with Crippen molar-refractivity contribution in [1.82, 2.24) is 9.88 Å². The summed E-state index contributed by atoms with van der Waals surface area (Å²) < 4.78 is 64.8. The van der Waals surface area contributed by atoms with Crippen molar-refractivity contribution in [2.24, 2.45) is 5.92 Å². The van der Waals surface area contributed by atoms with Gasteiger partial charge < -0.3 is 10.0 Å². The second-order valence-corrected chi connectivity index (χ2v) is 10.5. The molecular weight excluding hydrogens is 473 g/mol. The Bertz CT molecular complexity index is 1290. The number of carbonyl (C=O) groups excluding carboxylic acids is 1. The Hall–Kier alpha value is -3.01. The summed E-state index contributed by atoms with van der Waals surface area (Å²) in [5, 5.41) is 20.4. The molecule has 1 saturated heterocycles. The zero-order valence-electron chi connectivity index (χ0n) is 18.2. The van der Waals surface area contributed by atoms with Crippen LogP contribution in [0.3, 0.4) is 0 Å². The SMILES string of the molecule is CN1C(c2ccc(C#N)cc2S(C)(=O)=O)C2C(=O)CCC2N(c2ccnc(C(F)(F)F)c2)C1O. The van der Waals surface area contributed by atoms with Crippen LogP contribution in [0.5, 0.6) is 0 Å². The van der Waals surface area contributed by atoms with Gasteiger partial charge >= 0.3 is 6.18 Å². The normalized spacial score (nSPS) is 25.8. The third-order valence-electron chi connectivity index (χ3n) is 6.42. The van der Waals surface area contributed by atoms with Crippen LogP contribution in [0.15, 0.2) is 41.4 Å². The maximum Gasteiger partial charge on any atom is 0.433 e. The van der Waals surface area contributed by atoms with E-state index in [0.717, 1.165) is 18.5 Å². The molecule has 0 amide bonds. The number of pyridine rings is 1. The number of nitrogens with zero attached hydrogens (tertiary/aromatic N) is 4. The van der Waals surface area contributed by atoms with Crippen molar-refractivity contribution in [3.8, 4) is 6.07 Å². The number of anilines is 1. The highest BCUT2D eigenvalue weighted by Crippen LogP contribution is 2.48. The monoisotopic (exact) mass is 494 g/mol. The number of ketones is 1. The van der Waals surface area contributed by atoms with Gasteiger partial charge in [-0.25, -0.2) is 8.42 Å². The van der Waals surface area contributed by atoms with Crippen molar-refractivity contribution in [1.29, 1.82) is 5.26 Å². The number of Topliss-reactive ketones (excluding diaryl/α,β-unsaturated/α-hetero) is 1. The van der Waals surface area contributed by atoms with Gasteiger partial charge in [0, 0.05) is 30.6 Å². The Kier molecular flexibility index (Phi) is 5.91. The third-order valence-corrected chi connectivity index (χ3v) is 7.57. The fourth-order valence-corrected chi connectivity index (χ4v) is 5.91. The standard InChI is InChI=1S/C22H21F3N4O4S/c1-28-20(14-4-3-12(11-26)9-17(14)34(2,32)33)19-15(5-6-16(19)30)29(21(28)31)13-7-8-27-18(10-13)22(23,24)25/h3-4,7-10,15,19-21,31H,5-6H2,1-2H3. The van der Waals surface area contributed by atoms with Crippen molar-refractivity contribution in [3.05, 3.63) is 53.3 Å². The predicted octanol–water partition coefficient (Wildman–Crippen LogP) is 2.49. The van der Waals surface area contributed by atoms with Crippen molar-refractivity contribution < 1.29 is 31.5 Å². The number of aromatic nitrogens is 1. The van der Waals surface area contributed by atoms with Crippen molar-refractivity contribution >= 4 is 21.3 Å². The van der Waals surface area contributed by atoms with Crippen LogP contribution in [-0.4, -0.2) is 54.9 Å². The van der Waals surface area contributed by atoms with Gasteiger partial charge in [0.05, 0.1) is 28.5 Å². The Labute approximate surface area is 194 Å². The first-order valence-corrected chi connectivity index (χ1v) is 12.2. The Morgan fingerprint density at radius 3 is 2.56 bits per heavy atom. The Morgan fingerprint density at radius 2 is 1.94 bits per heavy atom. The molecule has 8 nitrogen and oxygen atoms in total. The fraction of sp³-hybridized carbons (Fsp3) is 0.409. The first-order valence-electron chi connectivity index (χ1n) is 10.3. The molecule has 34 heavy (non-hydrogen) atoms. The summed E-state index contributed by atoms with van der Waals surface area (Å²) in [4.78, 5) is 19.0. The summed E-state index contributed by atoms with van der Waals surface area (Å²) in [5.74, 6) is -1.00. The Morgan fingerprint density at radius 1 is 1.24 bits per heavy atom. The van der Waals surface area contributed by atoms with E-state index in [-0.39, 0.29) is 40.3 Å². The number of aliphatic hydroxyl groups excluding tert-OH is 1. The predicted molar refractivity (Wildman–Crippen MR) is 114 cm³/mol. The van der Waals surface area contributed by atoms with E-state index in [2.05, 4.69) is 4.98 Å². The van der Waals surface area contributed by atoms with Crippen LogP contribution in [0, 0.1) is 17.2 Å². The number of rotatable bonds is 3. The molecule has 1 aliphatic carbocycles. The number of nitriles is 1. The van der Waals surface area contributed by atoms with E-state index in [1.165, 1.54) is 41.1 Å². The molecule has 4 unspecified atom stereocenters. The molecule has 12 heteroatoms. The minimum atomic E-state index is -4.69. The van der Waals surface area contributed by atoms with Crippen LogP contribution in [0.4, 0.5) is 18.9 Å². The highest BCUT2D eigenvalue weighted by Gasteiger charge is 2.53. The molecule has 2 fully saturated rings. The van der Waals surface area contributed by atoms with Gasteiger partial charge in [-0.1, -0.05) is 6.07 Å².